The number of halogens is 1. The molecule has 0 radical (unpaired) electrons. The van der Waals surface area contributed by atoms with E-state index < -0.39 is 0 Å². The lowest BCUT2D eigenvalue weighted by molar-refractivity contribution is 0.111. The first-order valence-corrected chi connectivity index (χ1v) is 8.62. The standard InChI is InChI=1S/C20H18FN3O2/c21-14-5-7-15(8-6-14)26-16-9-11-24(12-10-16)20-19(13-25)22-17-3-1-2-4-18(17)23-20/h1-8,13,16H,9-12H2. The molecule has 1 fully saturated rings. The van der Waals surface area contributed by atoms with Crippen LogP contribution < -0.4 is 9.64 Å². The summed E-state index contributed by atoms with van der Waals surface area (Å²) < 4.78 is 18.9. The van der Waals surface area contributed by atoms with Crippen LogP contribution in [0.1, 0.15) is 23.3 Å². The van der Waals surface area contributed by atoms with E-state index >= 15 is 0 Å². The highest BCUT2D eigenvalue weighted by atomic mass is 19.1. The van der Waals surface area contributed by atoms with Crippen molar-refractivity contribution in [1.82, 2.24) is 9.97 Å². The second kappa shape index (κ2) is 7.07. The zero-order valence-electron chi connectivity index (χ0n) is 14.1. The Bertz CT molecular complexity index is 922. The summed E-state index contributed by atoms with van der Waals surface area (Å²) in [6.07, 6.45) is 2.41. The van der Waals surface area contributed by atoms with Gasteiger partial charge in [0.05, 0.1) is 11.0 Å². The minimum absolute atomic E-state index is 0.0600. The Kier molecular flexibility index (Phi) is 4.48. The normalized spacial score (nSPS) is 15.2. The van der Waals surface area contributed by atoms with Gasteiger partial charge in [0.2, 0.25) is 0 Å². The van der Waals surface area contributed by atoms with Crippen molar-refractivity contribution in [2.45, 2.75) is 18.9 Å². The average molecular weight is 351 g/mol. The number of nitrogens with zero attached hydrogens (tertiary/aromatic N) is 3. The van der Waals surface area contributed by atoms with Crippen molar-refractivity contribution in [3.8, 4) is 5.75 Å². The molecule has 4 rings (SSSR count). The molecule has 0 amide bonds. The van der Waals surface area contributed by atoms with Gasteiger partial charge in [-0.15, -0.1) is 0 Å². The highest BCUT2D eigenvalue weighted by Gasteiger charge is 2.24. The second-order valence-corrected chi connectivity index (χ2v) is 6.30. The van der Waals surface area contributed by atoms with E-state index in [-0.39, 0.29) is 11.9 Å². The minimum atomic E-state index is -0.275. The van der Waals surface area contributed by atoms with Crippen molar-refractivity contribution in [3.63, 3.8) is 0 Å². The third kappa shape index (κ3) is 3.35. The number of piperidine rings is 1. The maximum Gasteiger partial charge on any atom is 0.172 e. The molecule has 0 N–H and O–H groups in total. The lowest BCUT2D eigenvalue weighted by atomic mass is 10.1. The Morgan fingerprint density at radius 2 is 1.65 bits per heavy atom. The van der Waals surface area contributed by atoms with E-state index in [4.69, 9.17) is 4.74 Å². The van der Waals surface area contributed by atoms with Crippen LogP contribution in [0.3, 0.4) is 0 Å². The molecule has 0 saturated carbocycles. The first-order valence-electron chi connectivity index (χ1n) is 8.62. The maximum absolute atomic E-state index is 13.0. The number of rotatable bonds is 4. The number of aromatic nitrogens is 2. The van der Waals surface area contributed by atoms with Gasteiger partial charge in [0.15, 0.2) is 12.1 Å². The number of hydrogen-bond donors (Lipinski definition) is 0. The molecule has 26 heavy (non-hydrogen) atoms. The van der Waals surface area contributed by atoms with Gasteiger partial charge in [0, 0.05) is 25.9 Å². The third-order valence-corrected chi connectivity index (χ3v) is 4.55. The molecule has 2 aromatic carbocycles. The second-order valence-electron chi connectivity index (χ2n) is 6.30. The largest absolute Gasteiger partial charge is 0.490 e. The lowest BCUT2D eigenvalue weighted by Crippen LogP contribution is -2.39. The van der Waals surface area contributed by atoms with Crippen LogP contribution in [0.15, 0.2) is 48.5 Å². The number of carbonyl (C=O) groups is 1. The zero-order valence-corrected chi connectivity index (χ0v) is 14.1. The number of fused-ring (bicyclic) bond motifs is 1. The van der Waals surface area contributed by atoms with Crippen LogP contribution in [0.4, 0.5) is 10.2 Å². The van der Waals surface area contributed by atoms with Gasteiger partial charge in [-0.2, -0.15) is 0 Å². The number of para-hydroxylation sites is 2. The molecule has 1 saturated heterocycles. The number of anilines is 1. The summed E-state index contributed by atoms with van der Waals surface area (Å²) in [6.45, 7) is 1.44. The number of aldehydes is 1. The molecule has 0 aliphatic carbocycles. The molecule has 0 atom stereocenters. The molecule has 0 unspecified atom stereocenters. The van der Waals surface area contributed by atoms with Gasteiger partial charge >= 0.3 is 0 Å². The van der Waals surface area contributed by atoms with Crippen molar-refractivity contribution in [3.05, 3.63) is 60.0 Å². The quantitative estimate of drug-likeness (QED) is 0.672. The van der Waals surface area contributed by atoms with E-state index in [2.05, 4.69) is 14.9 Å². The number of ether oxygens (including phenoxy) is 1. The van der Waals surface area contributed by atoms with Crippen molar-refractivity contribution < 1.29 is 13.9 Å². The van der Waals surface area contributed by atoms with E-state index in [1.165, 1.54) is 12.1 Å². The average Bonchev–Trinajstić information content (AvgIpc) is 2.69. The Morgan fingerprint density at radius 1 is 1.00 bits per heavy atom. The van der Waals surface area contributed by atoms with Gasteiger partial charge in [-0.05, 0) is 36.4 Å². The predicted molar refractivity (Wildman–Crippen MR) is 97.2 cm³/mol. The van der Waals surface area contributed by atoms with Crippen LogP contribution in [-0.2, 0) is 0 Å². The summed E-state index contributed by atoms with van der Waals surface area (Å²) in [7, 11) is 0. The molecule has 1 aliphatic rings. The molecule has 1 aliphatic heterocycles. The summed E-state index contributed by atoms with van der Waals surface area (Å²) in [6, 6.07) is 13.6. The number of carbonyl (C=O) groups excluding carboxylic acids is 1. The smallest absolute Gasteiger partial charge is 0.172 e. The number of hydrogen-bond acceptors (Lipinski definition) is 5. The molecule has 0 bridgehead atoms. The van der Waals surface area contributed by atoms with Gasteiger partial charge in [-0.3, -0.25) is 4.79 Å². The predicted octanol–water partition coefficient (Wildman–Crippen LogP) is 3.63. The molecular formula is C20H18FN3O2. The highest BCUT2D eigenvalue weighted by molar-refractivity contribution is 5.86. The van der Waals surface area contributed by atoms with E-state index in [1.54, 1.807) is 12.1 Å². The summed E-state index contributed by atoms with van der Waals surface area (Å²) >= 11 is 0. The summed E-state index contributed by atoms with van der Waals surface area (Å²) in [4.78, 5) is 22.6. The van der Waals surface area contributed by atoms with Gasteiger partial charge in [-0.25, -0.2) is 14.4 Å². The first kappa shape index (κ1) is 16.4. The fourth-order valence-corrected chi connectivity index (χ4v) is 3.21. The Balaban J connectivity index is 1.48. The highest BCUT2D eigenvalue weighted by Crippen LogP contribution is 2.25. The lowest BCUT2D eigenvalue weighted by Gasteiger charge is -2.33. The van der Waals surface area contributed by atoms with E-state index in [9.17, 15) is 9.18 Å². The van der Waals surface area contributed by atoms with Crippen LogP contribution in [-0.4, -0.2) is 35.4 Å². The third-order valence-electron chi connectivity index (χ3n) is 4.55. The van der Waals surface area contributed by atoms with Crippen LogP contribution in [0.2, 0.25) is 0 Å². The van der Waals surface area contributed by atoms with Crippen LogP contribution >= 0.6 is 0 Å². The minimum Gasteiger partial charge on any atom is -0.490 e. The van der Waals surface area contributed by atoms with E-state index in [1.807, 2.05) is 24.3 Å². The Morgan fingerprint density at radius 3 is 2.31 bits per heavy atom. The molecule has 3 aromatic rings. The van der Waals surface area contributed by atoms with Crippen LogP contribution in [0.25, 0.3) is 11.0 Å². The van der Waals surface area contributed by atoms with E-state index in [0.29, 0.717) is 22.8 Å². The Hall–Kier alpha value is -3.02. The summed E-state index contributed by atoms with van der Waals surface area (Å²) in [5.41, 5.74) is 1.85. The molecule has 132 valence electrons. The molecule has 5 nitrogen and oxygen atoms in total. The van der Waals surface area contributed by atoms with Crippen molar-refractivity contribution >= 4 is 23.1 Å². The van der Waals surface area contributed by atoms with Crippen molar-refractivity contribution in [2.24, 2.45) is 0 Å². The van der Waals surface area contributed by atoms with Gasteiger partial charge in [0.25, 0.3) is 0 Å². The number of benzene rings is 2. The topological polar surface area (TPSA) is 55.3 Å². The monoisotopic (exact) mass is 351 g/mol. The molecule has 1 aromatic heterocycles. The van der Waals surface area contributed by atoms with Crippen LogP contribution in [0, 0.1) is 5.82 Å². The first-order chi connectivity index (χ1) is 12.7. The fraction of sp³-hybridized carbons (Fsp3) is 0.250. The molecular weight excluding hydrogens is 333 g/mol. The fourth-order valence-electron chi connectivity index (χ4n) is 3.21. The molecule has 0 spiro atoms. The van der Waals surface area contributed by atoms with Gasteiger partial charge in [0.1, 0.15) is 23.4 Å². The SMILES string of the molecule is O=Cc1nc2ccccc2nc1N1CCC(Oc2ccc(F)cc2)CC1. The summed E-state index contributed by atoms with van der Waals surface area (Å²) in [5, 5.41) is 0. The molecule has 2 heterocycles. The van der Waals surface area contributed by atoms with Gasteiger partial charge in [-0.1, -0.05) is 12.1 Å². The Labute approximate surface area is 150 Å². The zero-order chi connectivity index (χ0) is 17.9. The van der Waals surface area contributed by atoms with Crippen LogP contribution in [0.5, 0.6) is 5.75 Å². The maximum atomic E-state index is 13.0. The summed E-state index contributed by atoms with van der Waals surface area (Å²) in [5.74, 6) is 1.02. The van der Waals surface area contributed by atoms with Gasteiger partial charge < -0.3 is 9.64 Å². The van der Waals surface area contributed by atoms with Crippen molar-refractivity contribution in [1.29, 1.82) is 0 Å². The van der Waals surface area contributed by atoms with E-state index in [0.717, 1.165) is 37.7 Å². The van der Waals surface area contributed by atoms with Crippen molar-refractivity contribution in [2.75, 3.05) is 18.0 Å². The molecule has 6 heteroatoms.